The van der Waals surface area contributed by atoms with Crippen molar-refractivity contribution in [3.63, 3.8) is 0 Å². The summed E-state index contributed by atoms with van der Waals surface area (Å²) >= 11 is 0. The molecule has 7 nitrogen and oxygen atoms in total. The van der Waals surface area contributed by atoms with Crippen LogP contribution in [0.5, 0.6) is 0 Å². The van der Waals surface area contributed by atoms with Gasteiger partial charge >= 0.3 is 0 Å². The first-order chi connectivity index (χ1) is 8.47. The van der Waals surface area contributed by atoms with E-state index in [0.717, 1.165) is 0 Å². The maximum atomic E-state index is 11.3. The van der Waals surface area contributed by atoms with Gasteiger partial charge in [-0.3, -0.25) is 4.79 Å². The van der Waals surface area contributed by atoms with Crippen LogP contribution in [0.3, 0.4) is 0 Å². The average molecular weight is 256 g/mol. The predicted octanol–water partition coefficient (Wildman–Crippen LogP) is -1.12. The van der Waals surface area contributed by atoms with Crippen molar-refractivity contribution in [3.05, 3.63) is 17.8 Å². The number of Topliss-reactive ketones (excluding diaryl/α,β-unsaturated/α-hetero) is 1. The first-order valence-electron chi connectivity index (χ1n) is 5.57. The number of ketones is 1. The SMILES string of the molecule is CC(=O)c1ccn(C2OC(CO)[C@@H](O)[C@H]2O)c1N. The number of nitrogens with zero attached hydrogens (tertiary/aromatic N) is 1. The molecule has 0 amide bonds. The van der Waals surface area contributed by atoms with E-state index in [9.17, 15) is 15.0 Å². The van der Waals surface area contributed by atoms with Crippen molar-refractivity contribution < 1.29 is 24.9 Å². The summed E-state index contributed by atoms with van der Waals surface area (Å²) in [6.07, 6.45) is -2.68. The third-order valence-corrected chi connectivity index (χ3v) is 3.13. The van der Waals surface area contributed by atoms with E-state index >= 15 is 0 Å². The van der Waals surface area contributed by atoms with Gasteiger partial charge in [-0.25, -0.2) is 0 Å². The number of aromatic nitrogens is 1. The van der Waals surface area contributed by atoms with E-state index in [1.54, 1.807) is 0 Å². The number of carbonyl (C=O) groups excluding carboxylic acids is 1. The number of ether oxygens (including phenoxy) is 1. The van der Waals surface area contributed by atoms with E-state index in [1.807, 2.05) is 0 Å². The largest absolute Gasteiger partial charge is 0.394 e. The van der Waals surface area contributed by atoms with Crippen molar-refractivity contribution in [3.8, 4) is 0 Å². The number of hydrogen-bond acceptors (Lipinski definition) is 6. The van der Waals surface area contributed by atoms with Gasteiger partial charge in [0.05, 0.1) is 12.2 Å². The van der Waals surface area contributed by atoms with Crippen LogP contribution >= 0.6 is 0 Å². The van der Waals surface area contributed by atoms with Crippen molar-refractivity contribution in [2.75, 3.05) is 12.3 Å². The zero-order valence-corrected chi connectivity index (χ0v) is 9.85. The molecule has 18 heavy (non-hydrogen) atoms. The first kappa shape index (κ1) is 13.0. The van der Waals surface area contributed by atoms with E-state index in [1.165, 1.54) is 23.8 Å². The number of carbonyl (C=O) groups is 1. The lowest BCUT2D eigenvalue weighted by Crippen LogP contribution is -2.33. The number of aliphatic hydroxyl groups excluding tert-OH is 3. The highest BCUT2D eigenvalue weighted by Crippen LogP contribution is 2.32. The number of anilines is 1. The summed E-state index contributed by atoms with van der Waals surface area (Å²) in [6.45, 7) is 0.975. The summed E-state index contributed by atoms with van der Waals surface area (Å²) < 4.78 is 6.69. The van der Waals surface area contributed by atoms with Gasteiger partial charge in [-0.15, -0.1) is 0 Å². The smallest absolute Gasteiger partial charge is 0.164 e. The van der Waals surface area contributed by atoms with Crippen LogP contribution in [0.4, 0.5) is 5.82 Å². The lowest BCUT2D eigenvalue weighted by Gasteiger charge is -2.18. The molecule has 2 heterocycles. The van der Waals surface area contributed by atoms with Crippen LogP contribution in [-0.2, 0) is 4.74 Å². The number of nitrogens with two attached hydrogens (primary N) is 1. The fourth-order valence-electron chi connectivity index (χ4n) is 2.09. The van der Waals surface area contributed by atoms with E-state index < -0.39 is 31.1 Å². The third kappa shape index (κ3) is 1.91. The molecule has 4 atom stereocenters. The molecule has 1 aliphatic rings. The molecule has 100 valence electrons. The Bertz CT molecular complexity index is 458. The molecule has 5 N–H and O–H groups in total. The fourth-order valence-corrected chi connectivity index (χ4v) is 2.09. The maximum absolute atomic E-state index is 11.3. The molecule has 1 saturated heterocycles. The molecule has 0 aromatic carbocycles. The van der Waals surface area contributed by atoms with Crippen LogP contribution in [0.15, 0.2) is 12.3 Å². The highest BCUT2D eigenvalue weighted by molar-refractivity contribution is 5.98. The van der Waals surface area contributed by atoms with Crippen LogP contribution in [0.25, 0.3) is 0 Å². The van der Waals surface area contributed by atoms with Crippen molar-refractivity contribution in [1.29, 1.82) is 0 Å². The van der Waals surface area contributed by atoms with Gasteiger partial charge in [0, 0.05) is 6.20 Å². The van der Waals surface area contributed by atoms with Gasteiger partial charge in [0.25, 0.3) is 0 Å². The monoisotopic (exact) mass is 256 g/mol. The zero-order valence-electron chi connectivity index (χ0n) is 9.85. The minimum absolute atomic E-state index is 0.164. The van der Waals surface area contributed by atoms with Crippen molar-refractivity contribution in [2.24, 2.45) is 0 Å². The molecule has 1 aliphatic heterocycles. The van der Waals surface area contributed by atoms with Gasteiger partial charge < -0.3 is 30.4 Å². The Morgan fingerprint density at radius 3 is 2.61 bits per heavy atom. The van der Waals surface area contributed by atoms with E-state index in [-0.39, 0.29) is 11.6 Å². The van der Waals surface area contributed by atoms with Gasteiger partial charge in [-0.2, -0.15) is 0 Å². The van der Waals surface area contributed by atoms with Gasteiger partial charge in [0.2, 0.25) is 0 Å². The first-order valence-corrected chi connectivity index (χ1v) is 5.57. The highest BCUT2D eigenvalue weighted by Gasteiger charge is 2.43. The lowest BCUT2D eigenvalue weighted by molar-refractivity contribution is -0.0515. The fraction of sp³-hybridized carbons (Fsp3) is 0.545. The molecule has 0 aliphatic carbocycles. The molecule has 0 bridgehead atoms. The molecule has 1 fully saturated rings. The number of hydrogen-bond donors (Lipinski definition) is 4. The second-order valence-corrected chi connectivity index (χ2v) is 4.31. The lowest BCUT2D eigenvalue weighted by atomic mass is 10.1. The second-order valence-electron chi connectivity index (χ2n) is 4.31. The maximum Gasteiger partial charge on any atom is 0.164 e. The Labute approximate surface area is 103 Å². The number of aliphatic hydroxyl groups is 3. The topological polar surface area (TPSA) is 118 Å². The Kier molecular flexibility index (Phi) is 3.40. The molecule has 7 heteroatoms. The molecule has 0 spiro atoms. The Morgan fingerprint density at radius 1 is 1.50 bits per heavy atom. The van der Waals surface area contributed by atoms with Crippen molar-refractivity contribution in [2.45, 2.75) is 31.5 Å². The van der Waals surface area contributed by atoms with Gasteiger partial charge in [0.1, 0.15) is 24.1 Å². The summed E-state index contributed by atoms with van der Waals surface area (Å²) in [5.74, 6) is -0.0321. The van der Waals surface area contributed by atoms with E-state index in [0.29, 0.717) is 5.56 Å². The predicted molar refractivity (Wildman–Crippen MR) is 61.9 cm³/mol. The zero-order chi connectivity index (χ0) is 13.4. The quantitative estimate of drug-likeness (QED) is 0.509. The van der Waals surface area contributed by atoms with Gasteiger partial charge in [-0.05, 0) is 13.0 Å². The molecule has 0 radical (unpaired) electrons. The Morgan fingerprint density at radius 2 is 2.17 bits per heavy atom. The molecular weight excluding hydrogens is 240 g/mol. The summed E-state index contributed by atoms with van der Waals surface area (Å²) in [5, 5.41) is 28.5. The van der Waals surface area contributed by atoms with Crippen molar-refractivity contribution in [1.82, 2.24) is 4.57 Å². The van der Waals surface area contributed by atoms with Crippen LogP contribution in [0.1, 0.15) is 23.5 Å². The minimum atomic E-state index is -1.21. The summed E-state index contributed by atoms with van der Waals surface area (Å²) in [5.41, 5.74) is 6.11. The summed E-state index contributed by atoms with van der Waals surface area (Å²) in [7, 11) is 0. The van der Waals surface area contributed by atoms with Crippen LogP contribution < -0.4 is 5.73 Å². The third-order valence-electron chi connectivity index (χ3n) is 3.13. The van der Waals surface area contributed by atoms with Crippen LogP contribution in [0, 0.1) is 0 Å². The standard InChI is InChI=1S/C11H16N2O5/c1-5(15)6-2-3-13(10(6)12)11-9(17)8(16)7(4-14)18-11/h2-3,7-9,11,14,16-17H,4,12H2,1H3/t7?,8-,9-,11?/m1/s1. The number of nitrogen functional groups attached to an aromatic ring is 1. The van der Waals surface area contributed by atoms with Crippen LogP contribution in [-0.4, -0.2) is 50.6 Å². The molecular formula is C11H16N2O5. The highest BCUT2D eigenvalue weighted by atomic mass is 16.6. The summed E-state index contributed by atoms with van der Waals surface area (Å²) in [6, 6.07) is 1.52. The normalized spacial score (nSPS) is 31.8. The molecule has 2 rings (SSSR count). The molecule has 0 saturated carbocycles. The van der Waals surface area contributed by atoms with Gasteiger partial charge in [-0.1, -0.05) is 0 Å². The molecule has 1 aromatic heterocycles. The minimum Gasteiger partial charge on any atom is -0.394 e. The Hall–Kier alpha value is -1.41. The Balaban J connectivity index is 2.30. The summed E-state index contributed by atoms with van der Waals surface area (Å²) in [4.78, 5) is 11.3. The number of rotatable bonds is 3. The van der Waals surface area contributed by atoms with E-state index in [2.05, 4.69) is 0 Å². The van der Waals surface area contributed by atoms with E-state index in [4.69, 9.17) is 15.6 Å². The second kappa shape index (κ2) is 4.69. The molecule has 2 unspecified atom stereocenters. The van der Waals surface area contributed by atoms with Gasteiger partial charge in [0.15, 0.2) is 12.0 Å². The van der Waals surface area contributed by atoms with Crippen molar-refractivity contribution >= 4 is 11.6 Å². The molecule has 1 aromatic rings. The average Bonchev–Trinajstić information content (AvgIpc) is 2.82. The van der Waals surface area contributed by atoms with Crippen LogP contribution in [0.2, 0.25) is 0 Å².